The fraction of sp³-hybridized carbons (Fsp3) is 0.538. The first-order chi connectivity index (χ1) is 7.04. The molecule has 0 spiro atoms. The van der Waals surface area contributed by atoms with Crippen LogP contribution in [0.25, 0.3) is 0 Å². The van der Waals surface area contributed by atoms with Gasteiger partial charge in [-0.05, 0) is 45.2 Å². The third kappa shape index (κ3) is 4.03. The van der Waals surface area contributed by atoms with E-state index in [0.29, 0.717) is 6.61 Å². The summed E-state index contributed by atoms with van der Waals surface area (Å²) in [7, 11) is 0. The van der Waals surface area contributed by atoms with Crippen molar-refractivity contribution >= 4 is 12.4 Å². The molecule has 1 aromatic carbocycles. The molecule has 0 saturated carbocycles. The molecule has 92 valence electrons. The molecule has 1 rings (SSSR count). The SMILES string of the molecule is CCOc1c(C)cc(C)cc1CC(C)N.Cl. The molecule has 3 heteroatoms. The van der Waals surface area contributed by atoms with Crippen LogP contribution in [0.4, 0.5) is 0 Å². The van der Waals surface area contributed by atoms with Gasteiger partial charge in [-0.1, -0.05) is 17.7 Å². The lowest BCUT2D eigenvalue weighted by Gasteiger charge is -2.15. The van der Waals surface area contributed by atoms with Crippen molar-refractivity contribution in [3.05, 3.63) is 28.8 Å². The molecule has 1 unspecified atom stereocenters. The summed E-state index contributed by atoms with van der Waals surface area (Å²) in [5.74, 6) is 1.01. The number of aryl methyl sites for hydroxylation is 2. The smallest absolute Gasteiger partial charge is 0.125 e. The Bertz CT molecular complexity index is 337. The van der Waals surface area contributed by atoms with Crippen molar-refractivity contribution in [3.63, 3.8) is 0 Å². The van der Waals surface area contributed by atoms with Gasteiger partial charge < -0.3 is 10.5 Å². The number of ether oxygens (including phenoxy) is 1. The molecule has 0 aliphatic heterocycles. The third-order valence-corrected chi connectivity index (χ3v) is 2.33. The van der Waals surface area contributed by atoms with Crippen molar-refractivity contribution in [2.45, 2.75) is 40.2 Å². The molecule has 0 amide bonds. The fourth-order valence-electron chi connectivity index (χ4n) is 1.89. The zero-order valence-electron chi connectivity index (χ0n) is 10.5. The van der Waals surface area contributed by atoms with Crippen molar-refractivity contribution in [2.24, 2.45) is 5.73 Å². The molecular weight excluding hydrogens is 222 g/mol. The van der Waals surface area contributed by atoms with E-state index in [1.807, 2.05) is 13.8 Å². The summed E-state index contributed by atoms with van der Waals surface area (Å²) in [6.07, 6.45) is 0.873. The minimum absolute atomic E-state index is 0. The van der Waals surface area contributed by atoms with Crippen molar-refractivity contribution < 1.29 is 4.74 Å². The van der Waals surface area contributed by atoms with Crippen LogP contribution < -0.4 is 10.5 Å². The molecule has 16 heavy (non-hydrogen) atoms. The van der Waals surface area contributed by atoms with Crippen molar-refractivity contribution in [1.82, 2.24) is 0 Å². The van der Waals surface area contributed by atoms with E-state index >= 15 is 0 Å². The highest BCUT2D eigenvalue weighted by molar-refractivity contribution is 5.85. The van der Waals surface area contributed by atoms with Gasteiger partial charge in [0.25, 0.3) is 0 Å². The molecule has 0 radical (unpaired) electrons. The van der Waals surface area contributed by atoms with Gasteiger partial charge >= 0.3 is 0 Å². The first-order valence-corrected chi connectivity index (χ1v) is 5.53. The maximum absolute atomic E-state index is 5.83. The minimum Gasteiger partial charge on any atom is -0.493 e. The van der Waals surface area contributed by atoms with Crippen LogP contribution in [0.2, 0.25) is 0 Å². The molecule has 0 bridgehead atoms. The average molecular weight is 244 g/mol. The molecule has 0 fully saturated rings. The number of halogens is 1. The van der Waals surface area contributed by atoms with Crippen LogP contribution in [0.3, 0.4) is 0 Å². The highest BCUT2D eigenvalue weighted by Crippen LogP contribution is 2.26. The molecule has 0 aliphatic carbocycles. The summed E-state index contributed by atoms with van der Waals surface area (Å²) in [6.45, 7) is 8.92. The monoisotopic (exact) mass is 243 g/mol. The second-order valence-corrected chi connectivity index (χ2v) is 4.18. The van der Waals surface area contributed by atoms with Crippen LogP contribution in [0.15, 0.2) is 12.1 Å². The molecular formula is C13H22ClNO. The first-order valence-electron chi connectivity index (χ1n) is 5.53. The predicted octanol–water partition coefficient (Wildman–Crippen LogP) is 3.01. The van der Waals surface area contributed by atoms with Crippen LogP contribution in [-0.2, 0) is 6.42 Å². The van der Waals surface area contributed by atoms with E-state index in [1.54, 1.807) is 0 Å². The Kier molecular flexibility index (Phi) is 6.46. The zero-order chi connectivity index (χ0) is 11.4. The second-order valence-electron chi connectivity index (χ2n) is 4.18. The molecule has 0 aliphatic rings. The van der Waals surface area contributed by atoms with Crippen LogP contribution >= 0.6 is 12.4 Å². The maximum Gasteiger partial charge on any atom is 0.125 e. The van der Waals surface area contributed by atoms with Gasteiger partial charge in [0.2, 0.25) is 0 Å². The summed E-state index contributed by atoms with van der Waals surface area (Å²) < 4.78 is 5.67. The quantitative estimate of drug-likeness (QED) is 0.883. The van der Waals surface area contributed by atoms with E-state index in [9.17, 15) is 0 Å². The number of nitrogens with two attached hydrogens (primary N) is 1. The summed E-state index contributed by atoms with van der Waals surface area (Å²) in [4.78, 5) is 0. The van der Waals surface area contributed by atoms with Gasteiger partial charge in [-0.25, -0.2) is 0 Å². The predicted molar refractivity (Wildman–Crippen MR) is 71.7 cm³/mol. The minimum atomic E-state index is 0. The second kappa shape index (κ2) is 6.77. The van der Waals surface area contributed by atoms with Crippen LogP contribution in [0, 0.1) is 13.8 Å². The van der Waals surface area contributed by atoms with Gasteiger partial charge in [0.1, 0.15) is 5.75 Å². The molecule has 0 saturated heterocycles. The normalized spacial score (nSPS) is 11.8. The lowest BCUT2D eigenvalue weighted by molar-refractivity contribution is 0.333. The molecule has 1 atom stereocenters. The van der Waals surface area contributed by atoms with Gasteiger partial charge in [0, 0.05) is 6.04 Å². The van der Waals surface area contributed by atoms with E-state index in [-0.39, 0.29) is 18.4 Å². The van der Waals surface area contributed by atoms with Crippen LogP contribution in [0.1, 0.15) is 30.5 Å². The molecule has 0 aromatic heterocycles. The number of rotatable bonds is 4. The number of hydrogen-bond donors (Lipinski definition) is 1. The Hall–Kier alpha value is -0.730. The fourth-order valence-corrected chi connectivity index (χ4v) is 1.89. The maximum atomic E-state index is 5.83. The van der Waals surface area contributed by atoms with Crippen molar-refractivity contribution in [1.29, 1.82) is 0 Å². The van der Waals surface area contributed by atoms with Gasteiger partial charge in [-0.2, -0.15) is 0 Å². The first kappa shape index (κ1) is 15.3. The lowest BCUT2D eigenvalue weighted by atomic mass is 10.0. The largest absolute Gasteiger partial charge is 0.493 e. The van der Waals surface area contributed by atoms with E-state index in [1.165, 1.54) is 16.7 Å². The van der Waals surface area contributed by atoms with Crippen LogP contribution in [-0.4, -0.2) is 12.6 Å². The van der Waals surface area contributed by atoms with Gasteiger partial charge in [-0.3, -0.25) is 0 Å². The van der Waals surface area contributed by atoms with Gasteiger partial charge in [0.05, 0.1) is 6.61 Å². The van der Waals surface area contributed by atoms with Crippen LogP contribution in [0.5, 0.6) is 5.75 Å². The standard InChI is InChI=1S/C13H21NO.ClH/c1-5-15-13-10(3)6-9(2)7-12(13)8-11(4)14;/h6-7,11H,5,8,14H2,1-4H3;1H. The van der Waals surface area contributed by atoms with Gasteiger partial charge in [-0.15, -0.1) is 12.4 Å². The molecule has 1 aromatic rings. The number of hydrogen-bond acceptors (Lipinski definition) is 2. The van der Waals surface area contributed by atoms with E-state index in [4.69, 9.17) is 10.5 Å². The van der Waals surface area contributed by atoms with E-state index < -0.39 is 0 Å². The molecule has 0 heterocycles. The lowest BCUT2D eigenvalue weighted by Crippen LogP contribution is -2.18. The van der Waals surface area contributed by atoms with Crippen molar-refractivity contribution in [3.8, 4) is 5.75 Å². The zero-order valence-corrected chi connectivity index (χ0v) is 11.4. The molecule has 2 nitrogen and oxygen atoms in total. The van der Waals surface area contributed by atoms with Crippen molar-refractivity contribution in [2.75, 3.05) is 6.61 Å². The summed E-state index contributed by atoms with van der Waals surface area (Å²) in [5, 5.41) is 0. The average Bonchev–Trinajstić information content (AvgIpc) is 2.10. The van der Waals surface area contributed by atoms with E-state index in [0.717, 1.165) is 12.2 Å². The Labute approximate surface area is 105 Å². The summed E-state index contributed by atoms with van der Waals surface area (Å²) in [5.41, 5.74) is 9.53. The topological polar surface area (TPSA) is 35.2 Å². The third-order valence-electron chi connectivity index (χ3n) is 2.33. The number of benzene rings is 1. The highest BCUT2D eigenvalue weighted by atomic mass is 35.5. The Morgan fingerprint density at radius 3 is 2.44 bits per heavy atom. The van der Waals surface area contributed by atoms with E-state index in [2.05, 4.69) is 26.0 Å². The Morgan fingerprint density at radius 2 is 1.94 bits per heavy atom. The molecule has 2 N–H and O–H groups in total. The highest BCUT2D eigenvalue weighted by Gasteiger charge is 2.09. The van der Waals surface area contributed by atoms with Gasteiger partial charge in [0.15, 0.2) is 0 Å². The Balaban J connectivity index is 0.00000225. The Morgan fingerprint density at radius 1 is 1.31 bits per heavy atom. The summed E-state index contributed by atoms with van der Waals surface area (Å²) in [6, 6.07) is 4.49. The summed E-state index contributed by atoms with van der Waals surface area (Å²) >= 11 is 0.